The average molecular weight is 354 g/mol. The van der Waals surface area contributed by atoms with Crippen LogP contribution >= 0.6 is 0 Å². The van der Waals surface area contributed by atoms with Crippen LogP contribution in [0.3, 0.4) is 0 Å². The van der Waals surface area contributed by atoms with Crippen molar-refractivity contribution in [1.29, 1.82) is 0 Å². The highest BCUT2D eigenvalue weighted by molar-refractivity contribution is 5.80. The molecule has 0 aromatic carbocycles. The molecule has 7 nitrogen and oxygen atoms in total. The summed E-state index contributed by atoms with van der Waals surface area (Å²) in [6, 6.07) is 0.419. The van der Waals surface area contributed by atoms with Gasteiger partial charge in [-0.15, -0.1) is 0 Å². The van der Waals surface area contributed by atoms with Gasteiger partial charge in [0.05, 0.1) is 6.10 Å². The fraction of sp³-hybridized carbons (Fsp3) is 0.889. The minimum Gasteiger partial charge on any atom is -0.444 e. The Bertz CT molecular complexity index is 483. The molecule has 2 rings (SSSR count). The summed E-state index contributed by atoms with van der Waals surface area (Å²) in [6.07, 6.45) is 4.76. The van der Waals surface area contributed by atoms with Gasteiger partial charge in [0.1, 0.15) is 5.60 Å². The van der Waals surface area contributed by atoms with Gasteiger partial charge in [-0.1, -0.05) is 6.42 Å². The van der Waals surface area contributed by atoms with E-state index in [2.05, 4.69) is 27.9 Å². The summed E-state index contributed by atoms with van der Waals surface area (Å²) in [6.45, 7) is 9.46. The maximum absolute atomic E-state index is 11.6. The molecule has 2 unspecified atom stereocenters. The number of carbonyl (C=O) groups excluding carboxylic acids is 1. The van der Waals surface area contributed by atoms with Crippen molar-refractivity contribution in [3.8, 4) is 0 Å². The normalized spacial score (nSPS) is 24.9. The van der Waals surface area contributed by atoms with E-state index in [9.17, 15) is 4.79 Å². The summed E-state index contributed by atoms with van der Waals surface area (Å²) in [7, 11) is 1.77. The fourth-order valence-electron chi connectivity index (χ4n) is 3.66. The summed E-state index contributed by atoms with van der Waals surface area (Å²) in [4.78, 5) is 15.9. The van der Waals surface area contributed by atoms with Gasteiger partial charge in [0.15, 0.2) is 5.96 Å². The number of aliphatic imine (C=N–C) groups is 1. The van der Waals surface area contributed by atoms with Crippen LogP contribution in [0, 0.1) is 5.41 Å². The van der Waals surface area contributed by atoms with E-state index in [0.717, 1.165) is 19.0 Å². The zero-order chi connectivity index (χ0) is 18.5. The van der Waals surface area contributed by atoms with Gasteiger partial charge < -0.3 is 25.4 Å². The second kappa shape index (κ2) is 8.25. The largest absolute Gasteiger partial charge is 0.444 e. The maximum Gasteiger partial charge on any atom is 0.407 e. The molecular weight excluding hydrogens is 320 g/mol. The second-order valence-corrected chi connectivity index (χ2v) is 7.89. The van der Waals surface area contributed by atoms with Crippen molar-refractivity contribution >= 4 is 12.1 Å². The van der Waals surface area contributed by atoms with Crippen LogP contribution in [0.5, 0.6) is 0 Å². The van der Waals surface area contributed by atoms with Crippen LogP contribution in [0.2, 0.25) is 0 Å². The van der Waals surface area contributed by atoms with E-state index in [1.54, 1.807) is 7.05 Å². The van der Waals surface area contributed by atoms with Gasteiger partial charge in [-0.3, -0.25) is 4.99 Å². The Hall–Kier alpha value is -1.50. The maximum atomic E-state index is 11.6. The van der Waals surface area contributed by atoms with Crippen molar-refractivity contribution in [2.45, 2.75) is 71.1 Å². The first kappa shape index (κ1) is 19.8. The van der Waals surface area contributed by atoms with E-state index in [4.69, 9.17) is 9.47 Å². The third-order valence-corrected chi connectivity index (χ3v) is 5.06. The zero-order valence-corrected chi connectivity index (χ0v) is 16.3. The first-order valence-electron chi connectivity index (χ1n) is 9.36. The second-order valence-electron chi connectivity index (χ2n) is 7.89. The van der Waals surface area contributed by atoms with Gasteiger partial charge >= 0.3 is 6.09 Å². The van der Waals surface area contributed by atoms with E-state index >= 15 is 0 Å². The fourth-order valence-corrected chi connectivity index (χ4v) is 3.66. The molecular formula is C18H34N4O3. The Balaban J connectivity index is 1.69. The van der Waals surface area contributed by atoms with E-state index in [1.807, 2.05) is 20.8 Å². The van der Waals surface area contributed by atoms with E-state index < -0.39 is 11.7 Å². The van der Waals surface area contributed by atoms with Crippen molar-refractivity contribution in [2.75, 3.05) is 26.7 Å². The number of hydrogen-bond donors (Lipinski definition) is 3. The van der Waals surface area contributed by atoms with Gasteiger partial charge in [0, 0.05) is 38.2 Å². The van der Waals surface area contributed by atoms with Crippen LogP contribution in [0.1, 0.15) is 53.4 Å². The van der Waals surface area contributed by atoms with Crippen LogP contribution in [0.4, 0.5) is 4.79 Å². The van der Waals surface area contributed by atoms with Crippen molar-refractivity contribution in [2.24, 2.45) is 10.4 Å². The molecule has 0 aliphatic heterocycles. The van der Waals surface area contributed by atoms with Crippen molar-refractivity contribution < 1.29 is 14.3 Å². The third kappa shape index (κ3) is 5.00. The molecule has 0 aromatic heterocycles. The summed E-state index contributed by atoms with van der Waals surface area (Å²) >= 11 is 0. The Morgan fingerprint density at radius 2 is 1.92 bits per heavy atom. The molecule has 0 heterocycles. The van der Waals surface area contributed by atoms with Crippen molar-refractivity contribution in [3.05, 3.63) is 0 Å². The molecule has 144 valence electrons. The Labute approximate surface area is 151 Å². The average Bonchev–Trinajstić information content (AvgIpc) is 2.44. The number of ether oxygens (including phenoxy) is 2. The molecule has 7 heteroatoms. The Morgan fingerprint density at radius 3 is 2.44 bits per heavy atom. The number of carbonyl (C=O) groups is 1. The molecule has 2 saturated carbocycles. The SMILES string of the molecule is CCOC1CC(NC(=NC)NCCNC(=O)OC(C)(C)C)C12CCC2. The van der Waals surface area contributed by atoms with Gasteiger partial charge in [-0.2, -0.15) is 0 Å². The number of rotatable bonds is 6. The molecule has 0 saturated heterocycles. The monoisotopic (exact) mass is 354 g/mol. The smallest absolute Gasteiger partial charge is 0.407 e. The molecule has 2 aliphatic rings. The Morgan fingerprint density at radius 1 is 1.24 bits per heavy atom. The number of alkyl carbamates (subject to hydrolysis) is 1. The standard InChI is InChI=1S/C18H34N4O3/c1-6-24-14-12-13(18(14)8-7-9-18)22-15(19-5)20-10-11-21-16(23)25-17(2,3)4/h13-14H,6-12H2,1-5H3,(H,21,23)(H2,19,20,22). The quantitative estimate of drug-likeness (QED) is 0.386. The lowest BCUT2D eigenvalue weighted by atomic mass is 9.51. The van der Waals surface area contributed by atoms with Gasteiger partial charge in [0.2, 0.25) is 0 Å². The first-order valence-corrected chi connectivity index (χ1v) is 9.36. The summed E-state index contributed by atoms with van der Waals surface area (Å²) in [5.74, 6) is 0.775. The lowest BCUT2D eigenvalue weighted by molar-refractivity contribution is -0.168. The number of nitrogens with zero attached hydrogens (tertiary/aromatic N) is 1. The van der Waals surface area contributed by atoms with Gasteiger partial charge in [-0.05, 0) is 47.0 Å². The van der Waals surface area contributed by atoms with Crippen molar-refractivity contribution in [1.82, 2.24) is 16.0 Å². The molecule has 2 fully saturated rings. The van der Waals surface area contributed by atoms with E-state index in [0.29, 0.717) is 30.7 Å². The molecule has 0 bridgehead atoms. The van der Waals surface area contributed by atoms with Crippen LogP contribution in [-0.4, -0.2) is 56.5 Å². The van der Waals surface area contributed by atoms with Crippen molar-refractivity contribution in [3.63, 3.8) is 0 Å². The highest BCUT2D eigenvalue weighted by Crippen LogP contribution is 2.57. The Kier molecular flexibility index (Phi) is 6.54. The zero-order valence-electron chi connectivity index (χ0n) is 16.3. The lowest BCUT2D eigenvalue weighted by Gasteiger charge is -2.61. The van der Waals surface area contributed by atoms with Gasteiger partial charge in [0.25, 0.3) is 0 Å². The molecule has 2 atom stereocenters. The predicted octanol–water partition coefficient (Wildman–Crippen LogP) is 2.02. The van der Waals surface area contributed by atoms with Crippen LogP contribution < -0.4 is 16.0 Å². The highest BCUT2D eigenvalue weighted by atomic mass is 16.6. The van der Waals surface area contributed by atoms with Gasteiger partial charge in [-0.25, -0.2) is 4.79 Å². The molecule has 0 aromatic rings. The van der Waals surface area contributed by atoms with E-state index in [1.165, 1.54) is 19.3 Å². The number of amides is 1. The van der Waals surface area contributed by atoms with Crippen LogP contribution in [-0.2, 0) is 9.47 Å². The van der Waals surface area contributed by atoms with E-state index in [-0.39, 0.29) is 0 Å². The molecule has 25 heavy (non-hydrogen) atoms. The molecule has 0 radical (unpaired) electrons. The minimum absolute atomic E-state index is 0.294. The number of guanidine groups is 1. The highest BCUT2D eigenvalue weighted by Gasteiger charge is 2.59. The summed E-state index contributed by atoms with van der Waals surface area (Å²) in [5, 5.41) is 9.51. The summed E-state index contributed by atoms with van der Waals surface area (Å²) in [5.41, 5.74) is -0.185. The summed E-state index contributed by atoms with van der Waals surface area (Å²) < 4.78 is 11.1. The molecule has 2 aliphatic carbocycles. The van der Waals surface area contributed by atoms with Crippen LogP contribution in [0.15, 0.2) is 4.99 Å². The number of hydrogen-bond acceptors (Lipinski definition) is 4. The molecule has 1 amide bonds. The first-order chi connectivity index (χ1) is 11.8. The minimum atomic E-state index is -0.479. The molecule has 3 N–H and O–H groups in total. The predicted molar refractivity (Wildman–Crippen MR) is 98.8 cm³/mol. The topological polar surface area (TPSA) is 84.0 Å². The van der Waals surface area contributed by atoms with Crippen LogP contribution in [0.25, 0.3) is 0 Å². The lowest BCUT2D eigenvalue weighted by Crippen LogP contribution is -2.68. The third-order valence-electron chi connectivity index (χ3n) is 5.06. The number of nitrogens with one attached hydrogen (secondary N) is 3. The molecule has 1 spiro atoms.